The number of rotatable bonds is 3. The number of amides is 1. The average molecular weight is 241 g/mol. The molecule has 3 N–H and O–H groups in total. The standard InChI is InChI=1S/C12H23N3O2/c1-9(11(13)14-17)15(2)12(16)10-7-5-3-4-6-8-10/h9-10,17H,3-8H2,1-2H3,(H2,13,14). The Kier molecular flexibility index (Phi) is 5.25. The molecule has 0 bridgehead atoms. The van der Waals surface area contributed by atoms with Crippen LogP contribution in [0.1, 0.15) is 45.4 Å². The molecule has 1 saturated carbocycles. The molecule has 1 amide bonds. The van der Waals surface area contributed by atoms with Crippen molar-refractivity contribution in [1.82, 2.24) is 4.90 Å². The summed E-state index contributed by atoms with van der Waals surface area (Å²) in [5, 5.41) is 11.6. The van der Waals surface area contributed by atoms with Crippen molar-refractivity contribution in [2.75, 3.05) is 7.05 Å². The van der Waals surface area contributed by atoms with E-state index in [0.717, 1.165) is 25.7 Å². The van der Waals surface area contributed by atoms with Gasteiger partial charge in [0, 0.05) is 13.0 Å². The van der Waals surface area contributed by atoms with E-state index in [4.69, 9.17) is 10.9 Å². The molecule has 1 atom stereocenters. The Morgan fingerprint density at radius 2 is 1.88 bits per heavy atom. The second kappa shape index (κ2) is 6.47. The molecule has 1 fully saturated rings. The second-order valence-electron chi connectivity index (χ2n) is 4.84. The van der Waals surface area contributed by atoms with Crippen molar-refractivity contribution >= 4 is 11.7 Å². The predicted octanol–water partition coefficient (Wildman–Crippen LogP) is 1.55. The zero-order valence-corrected chi connectivity index (χ0v) is 10.7. The Morgan fingerprint density at radius 3 is 2.35 bits per heavy atom. The van der Waals surface area contributed by atoms with Crippen molar-refractivity contribution in [3.63, 3.8) is 0 Å². The van der Waals surface area contributed by atoms with Gasteiger partial charge in [0.15, 0.2) is 5.84 Å². The van der Waals surface area contributed by atoms with Gasteiger partial charge >= 0.3 is 0 Å². The molecule has 0 aromatic heterocycles. The lowest BCUT2D eigenvalue weighted by Gasteiger charge is -2.27. The van der Waals surface area contributed by atoms with E-state index in [1.54, 1.807) is 18.9 Å². The number of hydrogen-bond acceptors (Lipinski definition) is 3. The van der Waals surface area contributed by atoms with Crippen LogP contribution in [-0.2, 0) is 4.79 Å². The fourth-order valence-electron chi connectivity index (χ4n) is 2.29. The fourth-order valence-corrected chi connectivity index (χ4v) is 2.29. The number of nitrogens with two attached hydrogens (primary N) is 1. The minimum atomic E-state index is -0.351. The summed E-state index contributed by atoms with van der Waals surface area (Å²) >= 11 is 0. The highest BCUT2D eigenvalue weighted by molar-refractivity contribution is 5.90. The van der Waals surface area contributed by atoms with Crippen molar-refractivity contribution < 1.29 is 10.0 Å². The smallest absolute Gasteiger partial charge is 0.226 e. The Bertz CT molecular complexity index is 283. The third kappa shape index (κ3) is 3.61. The molecule has 5 nitrogen and oxygen atoms in total. The number of amidine groups is 1. The maximum absolute atomic E-state index is 12.2. The monoisotopic (exact) mass is 241 g/mol. The number of likely N-dealkylation sites (N-methyl/N-ethyl adjacent to an activating group) is 1. The molecule has 1 unspecified atom stereocenters. The van der Waals surface area contributed by atoms with Gasteiger partial charge in [0.2, 0.25) is 5.91 Å². The molecule has 0 aromatic carbocycles. The lowest BCUT2D eigenvalue weighted by atomic mass is 9.98. The normalized spacial score (nSPS) is 20.7. The van der Waals surface area contributed by atoms with Gasteiger partial charge in [-0.1, -0.05) is 30.8 Å². The third-order valence-electron chi connectivity index (χ3n) is 3.68. The first-order chi connectivity index (χ1) is 8.07. The van der Waals surface area contributed by atoms with Crippen molar-refractivity contribution in [2.24, 2.45) is 16.8 Å². The summed E-state index contributed by atoms with van der Waals surface area (Å²) in [6.45, 7) is 1.77. The number of carbonyl (C=O) groups is 1. The Balaban J connectivity index is 2.61. The summed E-state index contributed by atoms with van der Waals surface area (Å²) in [5.74, 6) is 0.303. The van der Waals surface area contributed by atoms with Crippen molar-refractivity contribution in [3.05, 3.63) is 0 Å². The molecule has 17 heavy (non-hydrogen) atoms. The van der Waals surface area contributed by atoms with E-state index in [-0.39, 0.29) is 23.7 Å². The number of hydrogen-bond donors (Lipinski definition) is 2. The van der Waals surface area contributed by atoms with Gasteiger partial charge < -0.3 is 15.8 Å². The highest BCUT2D eigenvalue weighted by Crippen LogP contribution is 2.24. The summed E-state index contributed by atoms with van der Waals surface area (Å²) in [4.78, 5) is 13.8. The van der Waals surface area contributed by atoms with Crippen LogP contribution in [0.3, 0.4) is 0 Å². The van der Waals surface area contributed by atoms with Crippen LogP contribution >= 0.6 is 0 Å². The highest BCUT2D eigenvalue weighted by atomic mass is 16.4. The van der Waals surface area contributed by atoms with Crippen LogP contribution in [-0.4, -0.2) is 34.9 Å². The largest absolute Gasteiger partial charge is 0.409 e. The Morgan fingerprint density at radius 1 is 1.35 bits per heavy atom. The quantitative estimate of drug-likeness (QED) is 0.259. The number of carbonyl (C=O) groups excluding carboxylic acids is 1. The SMILES string of the molecule is CC(/C(N)=N/O)N(C)C(=O)C1CCCCCC1. The van der Waals surface area contributed by atoms with Gasteiger partial charge in [-0.3, -0.25) is 4.79 Å². The number of oxime groups is 1. The minimum Gasteiger partial charge on any atom is -0.409 e. The van der Waals surface area contributed by atoms with Gasteiger partial charge in [-0.05, 0) is 19.8 Å². The molecule has 0 radical (unpaired) electrons. The average Bonchev–Trinajstić information content (AvgIpc) is 2.63. The molecule has 0 aliphatic heterocycles. The first kappa shape index (κ1) is 13.8. The van der Waals surface area contributed by atoms with E-state index >= 15 is 0 Å². The summed E-state index contributed by atoms with van der Waals surface area (Å²) in [5.41, 5.74) is 5.52. The first-order valence-corrected chi connectivity index (χ1v) is 6.32. The zero-order chi connectivity index (χ0) is 12.8. The van der Waals surface area contributed by atoms with Crippen LogP contribution in [0, 0.1) is 5.92 Å². The fraction of sp³-hybridized carbons (Fsp3) is 0.833. The van der Waals surface area contributed by atoms with Crippen LogP contribution in [0.5, 0.6) is 0 Å². The van der Waals surface area contributed by atoms with E-state index in [1.165, 1.54) is 12.8 Å². The van der Waals surface area contributed by atoms with Crippen molar-refractivity contribution in [3.8, 4) is 0 Å². The lowest BCUT2D eigenvalue weighted by molar-refractivity contribution is -0.135. The summed E-state index contributed by atoms with van der Waals surface area (Å²) in [7, 11) is 1.72. The van der Waals surface area contributed by atoms with Crippen LogP contribution < -0.4 is 5.73 Å². The molecule has 0 spiro atoms. The molecule has 0 aromatic rings. The maximum atomic E-state index is 12.2. The summed E-state index contributed by atoms with van der Waals surface area (Å²) < 4.78 is 0. The molecular weight excluding hydrogens is 218 g/mol. The molecule has 0 heterocycles. The molecule has 1 aliphatic rings. The third-order valence-corrected chi connectivity index (χ3v) is 3.68. The van der Waals surface area contributed by atoms with Gasteiger partial charge in [0.05, 0.1) is 6.04 Å². The van der Waals surface area contributed by atoms with E-state index in [0.29, 0.717) is 0 Å². The molecule has 5 heteroatoms. The van der Waals surface area contributed by atoms with E-state index in [2.05, 4.69) is 5.16 Å². The van der Waals surface area contributed by atoms with E-state index in [1.807, 2.05) is 0 Å². The Hall–Kier alpha value is -1.26. The molecule has 1 aliphatic carbocycles. The molecule has 98 valence electrons. The van der Waals surface area contributed by atoms with Gasteiger partial charge in [-0.25, -0.2) is 0 Å². The number of nitrogens with zero attached hydrogens (tertiary/aromatic N) is 2. The van der Waals surface area contributed by atoms with Gasteiger partial charge in [0.25, 0.3) is 0 Å². The lowest BCUT2D eigenvalue weighted by Crippen LogP contribution is -2.46. The zero-order valence-electron chi connectivity index (χ0n) is 10.7. The van der Waals surface area contributed by atoms with Gasteiger partial charge in [-0.15, -0.1) is 0 Å². The Labute approximate surface area is 103 Å². The van der Waals surface area contributed by atoms with Gasteiger partial charge in [-0.2, -0.15) is 0 Å². The molecule has 1 rings (SSSR count). The van der Waals surface area contributed by atoms with Crippen molar-refractivity contribution in [1.29, 1.82) is 0 Å². The minimum absolute atomic E-state index is 0.0782. The maximum Gasteiger partial charge on any atom is 0.226 e. The van der Waals surface area contributed by atoms with Crippen LogP contribution in [0.25, 0.3) is 0 Å². The topological polar surface area (TPSA) is 78.9 Å². The van der Waals surface area contributed by atoms with E-state index in [9.17, 15) is 4.79 Å². The predicted molar refractivity (Wildman–Crippen MR) is 66.8 cm³/mol. The summed E-state index contributed by atoms with van der Waals surface area (Å²) in [6, 6.07) is -0.351. The second-order valence-corrected chi connectivity index (χ2v) is 4.84. The molecule has 0 saturated heterocycles. The van der Waals surface area contributed by atoms with Gasteiger partial charge in [0.1, 0.15) is 0 Å². The highest BCUT2D eigenvalue weighted by Gasteiger charge is 2.27. The van der Waals surface area contributed by atoms with Crippen molar-refractivity contribution in [2.45, 2.75) is 51.5 Å². The van der Waals surface area contributed by atoms with Crippen LogP contribution in [0.4, 0.5) is 0 Å². The molecular formula is C12H23N3O2. The van der Waals surface area contributed by atoms with E-state index < -0.39 is 0 Å². The summed E-state index contributed by atoms with van der Waals surface area (Å²) in [6.07, 6.45) is 6.63. The first-order valence-electron chi connectivity index (χ1n) is 6.32. The van der Waals surface area contributed by atoms with Crippen LogP contribution in [0.15, 0.2) is 5.16 Å². The van der Waals surface area contributed by atoms with Crippen LogP contribution in [0.2, 0.25) is 0 Å².